The Balaban J connectivity index is 1.92. The summed E-state index contributed by atoms with van der Waals surface area (Å²) in [6, 6.07) is 9.74. The first-order chi connectivity index (χ1) is 10.6. The number of rotatable bonds is 3. The van der Waals surface area contributed by atoms with E-state index in [0.29, 0.717) is 11.4 Å². The van der Waals surface area contributed by atoms with Gasteiger partial charge in [-0.3, -0.25) is 4.79 Å². The zero-order chi connectivity index (χ0) is 15.5. The number of imidazole rings is 1. The number of aromatic nitrogens is 2. The van der Waals surface area contributed by atoms with E-state index in [2.05, 4.69) is 10.3 Å². The number of para-hydroxylation sites is 2. The Kier molecular flexibility index (Phi) is 3.65. The van der Waals surface area contributed by atoms with Crippen LogP contribution in [0.4, 0.5) is 14.5 Å². The van der Waals surface area contributed by atoms with Crippen LogP contribution in [0.1, 0.15) is 10.4 Å². The van der Waals surface area contributed by atoms with Gasteiger partial charge in [0.1, 0.15) is 11.6 Å². The number of nitrogens with zero attached hydrogens (tertiary/aromatic N) is 2. The lowest BCUT2D eigenvalue weighted by molar-refractivity contribution is 0.102. The lowest BCUT2D eigenvalue weighted by atomic mass is 10.2. The molecule has 0 saturated heterocycles. The van der Waals surface area contributed by atoms with Gasteiger partial charge in [-0.05, 0) is 24.3 Å². The molecule has 0 saturated carbocycles. The molecule has 0 aliphatic carbocycles. The van der Waals surface area contributed by atoms with Crippen LogP contribution in [0, 0.1) is 11.6 Å². The molecule has 1 aromatic heterocycles. The Bertz CT molecular complexity index is 796. The third kappa shape index (κ3) is 2.85. The van der Waals surface area contributed by atoms with Crippen molar-refractivity contribution in [3.8, 4) is 5.69 Å². The molecule has 4 nitrogen and oxygen atoms in total. The van der Waals surface area contributed by atoms with Gasteiger partial charge in [0.05, 0.1) is 17.7 Å². The van der Waals surface area contributed by atoms with Crippen LogP contribution in [-0.2, 0) is 0 Å². The summed E-state index contributed by atoms with van der Waals surface area (Å²) in [5, 5.41) is 2.65. The van der Waals surface area contributed by atoms with Crippen LogP contribution in [0.15, 0.2) is 61.2 Å². The first-order valence-corrected chi connectivity index (χ1v) is 6.48. The summed E-state index contributed by atoms with van der Waals surface area (Å²) in [7, 11) is 0. The van der Waals surface area contributed by atoms with Gasteiger partial charge in [-0.1, -0.05) is 12.1 Å². The van der Waals surface area contributed by atoms with Gasteiger partial charge in [0, 0.05) is 24.0 Å². The standard InChI is InChI=1S/C16H11F2N3O/c17-12-7-11(8-13(18)9-12)16(22)20-14-3-1-2-4-15(14)21-6-5-19-10-21/h1-10H,(H,20,22). The van der Waals surface area contributed by atoms with Crippen molar-refractivity contribution in [2.24, 2.45) is 0 Å². The van der Waals surface area contributed by atoms with E-state index in [1.807, 2.05) is 6.07 Å². The molecule has 0 radical (unpaired) electrons. The maximum absolute atomic E-state index is 13.2. The van der Waals surface area contributed by atoms with E-state index < -0.39 is 17.5 Å². The molecule has 0 unspecified atom stereocenters. The molecule has 110 valence electrons. The largest absolute Gasteiger partial charge is 0.320 e. The molecular weight excluding hydrogens is 288 g/mol. The molecule has 3 aromatic rings. The summed E-state index contributed by atoms with van der Waals surface area (Å²) >= 11 is 0. The van der Waals surface area contributed by atoms with E-state index in [1.165, 1.54) is 0 Å². The molecule has 0 fully saturated rings. The van der Waals surface area contributed by atoms with Crippen molar-refractivity contribution in [3.05, 3.63) is 78.4 Å². The number of benzene rings is 2. The summed E-state index contributed by atoms with van der Waals surface area (Å²) in [5.41, 5.74) is 1.12. The summed E-state index contributed by atoms with van der Waals surface area (Å²) in [6.07, 6.45) is 4.93. The van der Waals surface area contributed by atoms with Crippen molar-refractivity contribution < 1.29 is 13.6 Å². The van der Waals surface area contributed by atoms with Crippen molar-refractivity contribution in [2.45, 2.75) is 0 Å². The molecule has 0 bridgehead atoms. The average Bonchev–Trinajstić information content (AvgIpc) is 3.01. The number of hydrogen-bond donors (Lipinski definition) is 1. The zero-order valence-corrected chi connectivity index (χ0v) is 11.3. The number of nitrogens with one attached hydrogen (secondary N) is 1. The second-order valence-electron chi connectivity index (χ2n) is 4.60. The minimum atomic E-state index is -0.798. The Labute approximate surface area is 125 Å². The number of anilines is 1. The van der Waals surface area contributed by atoms with Gasteiger partial charge in [0.15, 0.2) is 0 Å². The van der Waals surface area contributed by atoms with Gasteiger partial charge in [-0.15, -0.1) is 0 Å². The minimum absolute atomic E-state index is 0.0852. The maximum Gasteiger partial charge on any atom is 0.255 e. The van der Waals surface area contributed by atoms with Crippen molar-refractivity contribution in [1.82, 2.24) is 9.55 Å². The second-order valence-corrected chi connectivity index (χ2v) is 4.60. The Morgan fingerprint density at radius 2 is 1.82 bits per heavy atom. The predicted molar refractivity (Wildman–Crippen MR) is 77.9 cm³/mol. The van der Waals surface area contributed by atoms with Gasteiger partial charge in [-0.2, -0.15) is 0 Å². The summed E-state index contributed by atoms with van der Waals surface area (Å²) in [4.78, 5) is 16.1. The molecular formula is C16H11F2N3O. The number of amides is 1. The lowest BCUT2D eigenvalue weighted by Crippen LogP contribution is -2.14. The highest BCUT2D eigenvalue weighted by atomic mass is 19.1. The third-order valence-electron chi connectivity index (χ3n) is 3.06. The SMILES string of the molecule is O=C(Nc1ccccc1-n1ccnc1)c1cc(F)cc(F)c1. The number of carbonyl (C=O) groups excluding carboxylic acids is 1. The van der Waals surface area contributed by atoms with Crippen LogP contribution in [-0.4, -0.2) is 15.5 Å². The molecule has 0 spiro atoms. The summed E-state index contributed by atoms with van der Waals surface area (Å²) < 4.78 is 28.1. The fourth-order valence-corrected chi connectivity index (χ4v) is 2.09. The first-order valence-electron chi connectivity index (χ1n) is 6.48. The molecule has 1 amide bonds. The van der Waals surface area contributed by atoms with Crippen LogP contribution in [0.3, 0.4) is 0 Å². The second kappa shape index (κ2) is 5.77. The Morgan fingerprint density at radius 1 is 1.09 bits per heavy atom. The zero-order valence-electron chi connectivity index (χ0n) is 11.3. The van der Waals surface area contributed by atoms with Crippen LogP contribution < -0.4 is 5.32 Å². The van der Waals surface area contributed by atoms with Gasteiger partial charge in [0.25, 0.3) is 5.91 Å². The molecule has 6 heteroatoms. The van der Waals surface area contributed by atoms with Crippen LogP contribution in [0.25, 0.3) is 5.69 Å². The van der Waals surface area contributed by atoms with Gasteiger partial charge >= 0.3 is 0 Å². The van der Waals surface area contributed by atoms with Crippen molar-refractivity contribution in [3.63, 3.8) is 0 Å². The van der Waals surface area contributed by atoms with Crippen molar-refractivity contribution >= 4 is 11.6 Å². The highest BCUT2D eigenvalue weighted by Crippen LogP contribution is 2.20. The number of carbonyl (C=O) groups is 1. The highest BCUT2D eigenvalue weighted by Gasteiger charge is 2.12. The molecule has 0 aliphatic rings. The van der Waals surface area contributed by atoms with Crippen LogP contribution in [0.5, 0.6) is 0 Å². The quantitative estimate of drug-likeness (QED) is 0.805. The summed E-state index contributed by atoms with van der Waals surface area (Å²) in [6.45, 7) is 0. The van der Waals surface area contributed by atoms with E-state index in [9.17, 15) is 13.6 Å². The van der Waals surface area contributed by atoms with Gasteiger partial charge < -0.3 is 9.88 Å². The molecule has 22 heavy (non-hydrogen) atoms. The Hall–Kier alpha value is -3.02. The van der Waals surface area contributed by atoms with E-state index in [4.69, 9.17) is 0 Å². The molecule has 0 aliphatic heterocycles. The molecule has 1 heterocycles. The normalized spacial score (nSPS) is 10.5. The fourth-order valence-electron chi connectivity index (χ4n) is 2.09. The number of halogens is 2. The first kappa shape index (κ1) is 13.9. The Morgan fingerprint density at radius 3 is 2.50 bits per heavy atom. The molecule has 1 N–H and O–H groups in total. The predicted octanol–water partition coefficient (Wildman–Crippen LogP) is 3.40. The summed E-state index contributed by atoms with van der Waals surface area (Å²) in [5.74, 6) is -2.19. The minimum Gasteiger partial charge on any atom is -0.320 e. The average molecular weight is 299 g/mol. The number of hydrogen-bond acceptors (Lipinski definition) is 2. The van der Waals surface area contributed by atoms with Gasteiger partial charge in [-0.25, -0.2) is 13.8 Å². The highest BCUT2D eigenvalue weighted by molar-refractivity contribution is 6.05. The van der Waals surface area contributed by atoms with E-state index in [-0.39, 0.29) is 5.56 Å². The smallest absolute Gasteiger partial charge is 0.255 e. The van der Waals surface area contributed by atoms with Crippen molar-refractivity contribution in [2.75, 3.05) is 5.32 Å². The van der Waals surface area contributed by atoms with E-state index in [0.717, 1.165) is 18.2 Å². The van der Waals surface area contributed by atoms with Crippen LogP contribution in [0.2, 0.25) is 0 Å². The van der Waals surface area contributed by atoms with Crippen molar-refractivity contribution in [1.29, 1.82) is 0 Å². The lowest BCUT2D eigenvalue weighted by Gasteiger charge is -2.11. The molecule has 3 rings (SSSR count). The fraction of sp³-hybridized carbons (Fsp3) is 0. The molecule has 0 atom stereocenters. The van der Waals surface area contributed by atoms with E-state index in [1.54, 1.807) is 41.5 Å². The third-order valence-corrected chi connectivity index (χ3v) is 3.06. The van der Waals surface area contributed by atoms with Crippen LogP contribution >= 0.6 is 0 Å². The van der Waals surface area contributed by atoms with Gasteiger partial charge in [0.2, 0.25) is 0 Å². The maximum atomic E-state index is 13.2. The van der Waals surface area contributed by atoms with E-state index >= 15 is 0 Å². The topological polar surface area (TPSA) is 46.9 Å². The monoisotopic (exact) mass is 299 g/mol. The molecule has 2 aromatic carbocycles.